The van der Waals surface area contributed by atoms with Crippen LogP contribution in [0, 0.1) is 5.92 Å². The summed E-state index contributed by atoms with van der Waals surface area (Å²) in [5.41, 5.74) is 0. The van der Waals surface area contributed by atoms with E-state index in [1.165, 1.54) is 12.8 Å². The lowest BCUT2D eigenvalue weighted by molar-refractivity contribution is -0.131. The standard InChI is InChI=1S/C13H26N2O2/c1-11-5-4-6-12(9-11)15(2)13(16)10-14-7-8-17-3/h11-12,14H,4-10H2,1-3H3. The van der Waals surface area contributed by atoms with Crippen LogP contribution in [0.2, 0.25) is 0 Å². The fraction of sp³-hybridized carbons (Fsp3) is 0.923. The summed E-state index contributed by atoms with van der Waals surface area (Å²) in [5, 5.41) is 3.10. The van der Waals surface area contributed by atoms with Crippen molar-refractivity contribution in [2.75, 3.05) is 33.9 Å². The van der Waals surface area contributed by atoms with Crippen LogP contribution in [0.25, 0.3) is 0 Å². The molecule has 1 amide bonds. The molecular weight excluding hydrogens is 216 g/mol. The summed E-state index contributed by atoms with van der Waals surface area (Å²) in [5.74, 6) is 0.950. The second kappa shape index (κ2) is 7.67. The number of methoxy groups -OCH3 is 1. The largest absolute Gasteiger partial charge is 0.383 e. The maximum absolute atomic E-state index is 11.9. The van der Waals surface area contributed by atoms with Gasteiger partial charge in [0.25, 0.3) is 0 Å². The predicted molar refractivity (Wildman–Crippen MR) is 68.9 cm³/mol. The Morgan fingerprint density at radius 3 is 2.88 bits per heavy atom. The molecule has 1 aliphatic rings. The van der Waals surface area contributed by atoms with Crippen molar-refractivity contribution in [3.8, 4) is 0 Å². The van der Waals surface area contributed by atoms with Gasteiger partial charge in [0.1, 0.15) is 0 Å². The zero-order valence-corrected chi connectivity index (χ0v) is 11.4. The van der Waals surface area contributed by atoms with Crippen molar-refractivity contribution < 1.29 is 9.53 Å². The molecule has 0 bridgehead atoms. The van der Waals surface area contributed by atoms with Crippen molar-refractivity contribution in [2.24, 2.45) is 5.92 Å². The van der Waals surface area contributed by atoms with Crippen molar-refractivity contribution in [3.05, 3.63) is 0 Å². The summed E-state index contributed by atoms with van der Waals surface area (Å²) in [6.45, 7) is 4.08. The average Bonchev–Trinajstić information content (AvgIpc) is 2.33. The first-order valence-electron chi connectivity index (χ1n) is 6.60. The first-order chi connectivity index (χ1) is 8.15. The molecule has 2 atom stereocenters. The van der Waals surface area contributed by atoms with E-state index in [4.69, 9.17) is 4.74 Å². The van der Waals surface area contributed by atoms with Gasteiger partial charge in [0.05, 0.1) is 13.2 Å². The number of hydrogen-bond acceptors (Lipinski definition) is 3. The van der Waals surface area contributed by atoms with Gasteiger partial charge in [-0.2, -0.15) is 0 Å². The lowest BCUT2D eigenvalue weighted by Gasteiger charge is -2.34. The summed E-state index contributed by atoms with van der Waals surface area (Å²) in [7, 11) is 3.60. The molecule has 1 saturated carbocycles. The van der Waals surface area contributed by atoms with E-state index >= 15 is 0 Å². The van der Waals surface area contributed by atoms with Gasteiger partial charge in [-0.05, 0) is 18.8 Å². The van der Waals surface area contributed by atoms with Gasteiger partial charge in [0.2, 0.25) is 5.91 Å². The molecule has 1 fully saturated rings. The SMILES string of the molecule is COCCNCC(=O)N(C)C1CCCC(C)C1. The highest BCUT2D eigenvalue weighted by Gasteiger charge is 2.24. The fourth-order valence-corrected chi connectivity index (χ4v) is 2.45. The molecule has 0 aliphatic heterocycles. The number of hydrogen-bond donors (Lipinski definition) is 1. The quantitative estimate of drug-likeness (QED) is 0.713. The van der Waals surface area contributed by atoms with Crippen LogP contribution in [0.5, 0.6) is 0 Å². The average molecular weight is 242 g/mol. The lowest BCUT2D eigenvalue weighted by Crippen LogP contribution is -2.44. The molecule has 4 heteroatoms. The third-order valence-electron chi connectivity index (χ3n) is 3.61. The van der Waals surface area contributed by atoms with Gasteiger partial charge in [-0.3, -0.25) is 4.79 Å². The van der Waals surface area contributed by atoms with E-state index in [9.17, 15) is 4.79 Å². The Kier molecular flexibility index (Phi) is 6.52. The van der Waals surface area contributed by atoms with Crippen LogP contribution in [-0.2, 0) is 9.53 Å². The highest BCUT2D eigenvalue weighted by Crippen LogP contribution is 2.26. The Hall–Kier alpha value is -0.610. The molecule has 0 radical (unpaired) electrons. The molecule has 17 heavy (non-hydrogen) atoms. The van der Waals surface area contributed by atoms with E-state index in [0.29, 0.717) is 19.2 Å². The molecule has 4 nitrogen and oxygen atoms in total. The van der Waals surface area contributed by atoms with Crippen LogP contribution < -0.4 is 5.32 Å². The number of rotatable bonds is 6. The number of amides is 1. The maximum atomic E-state index is 11.9. The third kappa shape index (κ3) is 5.04. The molecule has 0 saturated heterocycles. The molecule has 2 unspecified atom stereocenters. The predicted octanol–water partition coefficient (Wildman–Crippen LogP) is 1.26. The number of nitrogens with zero attached hydrogens (tertiary/aromatic N) is 1. The van der Waals surface area contributed by atoms with E-state index in [0.717, 1.165) is 25.3 Å². The molecule has 0 aromatic carbocycles. The van der Waals surface area contributed by atoms with Crippen molar-refractivity contribution >= 4 is 5.91 Å². The van der Waals surface area contributed by atoms with Gasteiger partial charge in [-0.15, -0.1) is 0 Å². The van der Waals surface area contributed by atoms with Crippen LogP contribution in [0.15, 0.2) is 0 Å². The Balaban J connectivity index is 2.25. The number of carbonyl (C=O) groups is 1. The Bertz CT molecular complexity index is 233. The first-order valence-corrected chi connectivity index (χ1v) is 6.60. The van der Waals surface area contributed by atoms with E-state index < -0.39 is 0 Å². The van der Waals surface area contributed by atoms with Gasteiger partial charge in [-0.25, -0.2) is 0 Å². The van der Waals surface area contributed by atoms with Crippen LogP contribution >= 0.6 is 0 Å². The highest BCUT2D eigenvalue weighted by atomic mass is 16.5. The molecule has 100 valence electrons. The molecule has 1 aliphatic carbocycles. The van der Waals surface area contributed by atoms with Crippen molar-refractivity contribution in [1.82, 2.24) is 10.2 Å². The normalized spacial score (nSPS) is 24.6. The smallest absolute Gasteiger partial charge is 0.236 e. The summed E-state index contributed by atoms with van der Waals surface area (Å²) in [4.78, 5) is 13.9. The fourth-order valence-electron chi connectivity index (χ4n) is 2.45. The maximum Gasteiger partial charge on any atom is 0.236 e. The van der Waals surface area contributed by atoms with E-state index in [-0.39, 0.29) is 5.91 Å². The van der Waals surface area contributed by atoms with E-state index in [2.05, 4.69) is 12.2 Å². The Morgan fingerprint density at radius 1 is 1.47 bits per heavy atom. The van der Waals surface area contributed by atoms with Crippen LogP contribution in [0.1, 0.15) is 32.6 Å². The number of nitrogens with one attached hydrogen (secondary N) is 1. The van der Waals surface area contributed by atoms with Crippen LogP contribution in [0.3, 0.4) is 0 Å². The van der Waals surface area contributed by atoms with Gasteiger partial charge >= 0.3 is 0 Å². The Morgan fingerprint density at radius 2 is 2.24 bits per heavy atom. The Labute approximate surface area is 105 Å². The lowest BCUT2D eigenvalue weighted by atomic mass is 9.86. The second-order valence-electron chi connectivity index (χ2n) is 5.10. The van der Waals surface area contributed by atoms with Gasteiger partial charge < -0.3 is 15.0 Å². The number of carbonyl (C=O) groups excluding carboxylic acids is 1. The highest BCUT2D eigenvalue weighted by molar-refractivity contribution is 5.78. The topological polar surface area (TPSA) is 41.6 Å². The zero-order valence-electron chi connectivity index (χ0n) is 11.4. The van der Waals surface area contributed by atoms with Crippen molar-refractivity contribution in [1.29, 1.82) is 0 Å². The van der Waals surface area contributed by atoms with Gasteiger partial charge in [-0.1, -0.05) is 19.8 Å². The number of likely N-dealkylation sites (N-methyl/N-ethyl adjacent to an activating group) is 1. The molecule has 0 heterocycles. The summed E-state index contributed by atoms with van der Waals surface area (Å²) in [6.07, 6.45) is 4.87. The minimum absolute atomic E-state index is 0.195. The molecule has 0 spiro atoms. The summed E-state index contributed by atoms with van der Waals surface area (Å²) in [6, 6.07) is 0.440. The first kappa shape index (κ1) is 14.5. The van der Waals surface area contributed by atoms with Gasteiger partial charge in [0.15, 0.2) is 0 Å². The van der Waals surface area contributed by atoms with E-state index in [1.807, 2.05) is 11.9 Å². The molecular formula is C13H26N2O2. The van der Waals surface area contributed by atoms with Crippen molar-refractivity contribution in [3.63, 3.8) is 0 Å². The molecule has 1 rings (SSSR count). The second-order valence-corrected chi connectivity index (χ2v) is 5.10. The minimum Gasteiger partial charge on any atom is -0.383 e. The zero-order chi connectivity index (χ0) is 12.7. The molecule has 0 aromatic rings. The summed E-state index contributed by atoms with van der Waals surface area (Å²) >= 11 is 0. The summed E-state index contributed by atoms with van der Waals surface area (Å²) < 4.78 is 4.93. The minimum atomic E-state index is 0.195. The van der Waals surface area contributed by atoms with E-state index in [1.54, 1.807) is 7.11 Å². The van der Waals surface area contributed by atoms with Crippen molar-refractivity contribution in [2.45, 2.75) is 38.6 Å². The van der Waals surface area contributed by atoms with Crippen LogP contribution in [-0.4, -0.2) is 50.7 Å². The molecule has 1 N–H and O–H groups in total. The van der Waals surface area contributed by atoms with Crippen LogP contribution in [0.4, 0.5) is 0 Å². The van der Waals surface area contributed by atoms with Gasteiger partial charge in [0, 0.05) is 26.7 Å². The number of ether oxygens (including phenoxy) is 1. The third-order valence-corrected chi connectivity index (χ3v) is 3.61. The monoisotopic (exact) mass is 242 g/mol. The molecule has 0 aromatic heterocycles.